The van der Waals surface area contributed by atoms with Gasteiger partial charge in [0.15, 0.2) is 17.3 Å². The highest BCUT2D eigenvalue weighted by molar-refractivity contribution is 6.00. The second kappa shape index (κ2) is 7.03. The number of aromatic nitrogens is 4. The number of nitrogens with zero attached hydrogens (tertiary/aromatic N) is 4. The molecule has 8 heteroatoms. The van der Waals surface area contributed by atoms with Gasteiger partial charge in [-0.15, -0.1) is 5.10 Å². The van der Waals surface area contributed by atoms with Gasteiger partial charge in [0.1, 0.15) is 23.6 Å². The normalized spacial score (nSPS) is 19.2. The number of hydrogen-bond donors (Lipinski definition) is 0. The first-order valence-corrected chi connectivity index (χ1v) is 10.8. The third kappa shape index (κ3) is 3.05. The highest BCUT2D eigenvalue weighted by Gasteiger charge is 2.45. The molecule has 6 rings (SSSR count). The van der Waals surface area contributed by atoms with Crippen LogP contribution >= 0.6 is 0 Å². The maximum Gasteiger partial charge on any atom is 0.228 e. The van der Waals surface area contributed by atoms with Crippen LogP contribution in [0.4, 0.5) is 0 Å². The van der Waals surface area contributed by atoms with Crippen LogP contribution in [0, 0.1) is 5.41 Å². The lowest BCUT2D eigenvalue weighted by Gasteiger charge is -2.36. The maximum atomic E-state index is 13.3. The lowest BCUT2D eigenvalue weighted by Crippen LogP contribution is -2.33. The summed E-state index contributed by atoms with van der Waals surface area (Å²) in [6.45, 7) is 4.15. The number of ether oxygens (including phenoxy) is 2. The van der Waals surface area contributed by atoms with E-state index >= 15 is 0 Å². The number of para-hydroxylation sites is 1. The van der Waals surface area contributed by atoms with Gasteiger partial charge in [0.25, 0.3) is 0 Å². The molecule has 4 heterocycles. The molecule has 0 amide bonds. The molecular formula is C25H22N4O4. The maximum absolute atomic E-state index is 13.3. The third-order valence-electron chi connectivity index (χ3n) is 6.24. The van der Waals surface area contributed by atoms with E-state index < -0.39 is 5.92 Å². The van der Waals surface area contributed by atoms with Crippen LogP contribution in [0.2, 0.25) is 0 Å². The summed E-state index contributed by atoms with van der Waals surface area (Å²) in [6.07, 6.45) is 4.29. The molecule has 166 valence electrons. The summed E-state index contributed by atoms with van der Waals surface area (Å²) in [5.74, 6) is 2.49. The number of carbonyl (C=O) groups excluding carboxylic acids is 1. The van der Waals surface area contributed by atoms with Gasteiger partial charge in [0, 0.05) is 18.4 Å². The van der Waals surface area contributed by atoms with Crippen molar-refractivity contribution in [2.45, 2.75) is 32.6 Å². The number of allylic oxidation sites excluding steroid dienone is 2. The van der Waals surface area contributed by atoms with Crippen LogP contribution < -0.4 is 9.47 Å². The van der Waals surface area contributed by atoms with Crippen molar-refractivity contribution >= 4 is 11.4 Å². The van der Waals surface area contributed by atoms with Crippen LogP contribution in [0.15, 0.2) is 64.7 Å². The number of methoxy groups -OCH3 is 1. The molecule has 1 aliphatic heterocycles. The lowest BCUT2D eigenvalue weighted by atomic mass is 9.71. The van der Waals surface area contributed by atoms with Crippen molar-refractivity contribution in [3.63, 3.8) is 0 Å². The van der Waals surface area contributed by atoms with E-state index in [4.69, 9.17) is 18.9 Å². The predicted molar refractivity (Wildman–Crippen MR) is 119 cm³/mol. The fourth-order valence-electron chi connectivity index (χ4n) is 4.83. The van der Waals surface area contributed by atoms with Gasteiger partial charge >= 0.3 is 0 Å². The Bertz CT molecular complexity index is 1430. The second-order valence-corrected chi connectivity index (χ2v) is 9.20. The summed E-state index contributed by atoms with van der Waals surface area (Å²) >= 11 is 0. The molecule has 33 heavy (non-hydrogen) atoms. The van der Waals surface area contributed by atoms with Crippen molar-refractivity contribution < 1.29 is 18.7 Å². The molecule has 2 aliphatic rings. The standard InChI is InChI=1S/C25H22N4O4/c1-25(2)11-15(30)19-18(12-25)33-24-21(20(19)17-9-6-10-32-17)23-27-22(28-29(23)13-26-24)14-7-4-5-8-16(14)31-3/h4-10,13,20H,11-12H2,1-3H3/t20-/m1/s1. The van der Waals surface area contributed by atoms with Gasteiger partial charge < -0.3 is 13.9 Å². The van der Waals surface area contributed by atoms with Crippen molar-refractivity contribution in [1.82, 2.24) is 19.6 Å². The van der Waals surface area contributed by atoms with E-state index in [9.17, 15) is 4.79 Å². The highest BCUT2D eigenvalue weighted by atomic mass is 16.5. The summed E-state index contributed by atoms with van der Waals surface area (Å²) < 4.78 is 19.2. The van der Waals surface area contributed by atoms with Gasteiger partial charge in [-0.25, -0.2) is 14.5 Å². The first kappa shape index (κ1) is 19.7. The van der Waals surface area contributed by atoms with Crippen LogP contribution in [-0.4, -0.2) is 32.5 Å². The summed E-state index contributed by atoms with van der Waals surface area (Å²) in [5.41, 5.74) is 2.43. The van der Waals surface area contributed by atoms with Crippen LogP contribution in [-0.2, 0) is 4.79 Å². The SMILES string of the molecule is COc1ccccc1-c1nc2c3c(ncn2n1)OC1=C(C(=O)CC(C)(C)C1)[C@H]3c1ccco1. The number of fused-ring (bicyclic) bond motifs is 3. The Morgan fingerprint density at radius 3 is 2.79 bits per heavy atom. The quantitative estimate of drug-likeness (QED) is 0.459. The van der Waals surface area contributed by atoms with Crippen LogP contribution in [0.3, 0.4) is 0 Å². The molecule has 0 saturated heterocycles. The van der Waals surface area contributed by atoms with Gasteiger partial charge in [0.2, 0.25) is 5.88 Å². The largest absolute Gasteiger partial charge is 0.496 e. The predicted octanol–water partition coefficient (Wildman–Crippen LogP) is 4.56. The Labute approximate surface area is 189 Å². The Hall–Kier alpha value is -3.94. The molecule has 4 aromatic rings. The van der Waals surface area contributed by atoms with Crippen molar-refractivity contribution in [3.8, 4) is 23.0 Å². The van der Waals surface area contributed by atoms with Crippen molar-refractivity contribution in [2.75, 3.05) is 7.11 Å². The molecule has 1 atom stereocenters. The Balaban J connectivity index is 1.59. The molecule has 0 radical (unpaired) electrons. The zero-order valence-corrected chi connectivity index (χ0v) is 18.5. The third-order valence-corrected chi connectivity index (χ3v) is 6.24. The van der Waals surface area contributed by atoms with Crippen LogP contribution in [0.25, 0.3) is 17.0 Å². The molecule has 3 aromatic heterocycles. The van der Waals surface area contributed by atoms with E-state index in [1.807, 2.05) is 36.4 Å². The molecule has 0 saturated carbocycles. The van der Waals surface area contributed by atoms with Gasteiger partial charge in [-0.05, 0) is 29.7 Å². The number of rotatable bonds is 3. The zero-order valence-electron chi connectivity index (χ0n) is 18.5. The van der Waals surface area contributed by atoms with E-state index in [-0.39, 0.29) is 11.2 Å². The van der Waals surface area contributed by atoms with E-state index in [1.165, 1.54) is 0 Å². The van der Waals surface area contributed by atoms with Crippen molar-refractivity contribution in [2.24, 2.45) is 5.41 Å². The van der Waals surface area contributed by atoms with Crippen LogP contribution in [0.5, 0.6) is 11.6 Å². The van der Waals surface area contributed by atoms with E-state index in [2.05, 4.69) is 23.9 Å². The monoisotopic (exact) mass is 442 g/mol. The summed E-state index contributed by atoms with van der Waals surface area (Å²) in [5, 5.41) is 4.64. The second-order valence-electron chi connectivity index (χ2n) is 9.20. The van der Waals surface area contributed by atoms with Crippen molar-refractivity contribution in [1.29, 1.82) is 0 Å². The molecule has 8 nitrogen and oxygen atoms in total. The zero-order chi connectivity index (χ0) is 22.7. The molecular weight excluding hydrogens is 420 g/mol. The average molecular weight is 442 g/mol. The minimum Gasteiger partial charge on any atom is -0.496 e. The molecule has 1 aliphatic carbocycles. The van der Waals surface area contributed by atoms with Gasteiger partial charge in [-0.2, -0.15) is 0 Å². The number of benzene rings is 1. The number of furan rings is 1. The number of ketones is 1. The first-order chi connectivity index (χ1) is 15.9. The number of Topliss-reactive ketones (excluding diaryl/α,β-unsaturated/α-hetero) is 1. The van der Waals surface area contributed by atoms with Gasteiger partial charge in [-0.1, -0.05) is 26.0 Å². The molecule has 0 bridgehead atoms. The molecule has 0 N–H and O–H groups in total. The minimum atomic E-state index is -0.465. The van der Waals surface area contributed by atoms with Gasteiger partial charge in [0.05, 0.1) is 30.4 Å². The first-order valence-electron chi connectivity index (χ1n) is 10.8. The molecule has 0 spiro atoms. The Kier molecular flexibility index (Phi) is 4.20. The summed E-state index contributed by atoms with van der Waals surface area (Å²) in [4.78, 5) is 22.7. The summed E-state index contributed by atoms with van der Waals surface area (Å²) in [6, 6.07) is 11.3. The molecule has 0 unspecified atom stereocenters. The molecule has 0 fully saturated rings. The van der Waals surface area contributed by atoms with E-state index in [1.54, 1.807) is 24.2 Å². The smallest absolute Gasteiger partial charge is 0.228 e. The van der Waals surface area contributed by atoms with Gasteiger partial charge in [-0.3, -0.25) is 4.79 Å². The number of hydrogen-bond acceptors (Lipinski definition) is 7. The fourth-order valence-corrected chi connectivity index (χ4v) is 4.83. The minimum absolute atomic E-state index is 0.0553. The topological polar surface area (TPSA) is 91.8 Å². The van der Waals surface area contributed by atoms with Crippen LogP contribution in [0.1, 0.15) is 43.9 Å². The summed E-state index contributed by atoms with van der Waals surface area (Å²) in [7, 11) is 1.61. The van der Waals surface area contributed by atoms with E-state index in [0.29, 0.717) is 58.6 Å². The highest BCUT2D eigenvalue weighted by Crippen LogP contribution is 2.50. The number of carbonyl (C=O) groups is 1. The fraction of sp³-hybridized carbons (Fsp3) is 0.280. The lowest BCUT2D eigenvalue weighted by molar-refractivity contribution is -0.118. The van der Waals surface area contributed by atoms with Crippen molar-refractivity contribution in [3.05, 3.63) is 71.6 Å². The Morgan fingerprint density at radius 2 is 2.00 bits per heavy atom. The Morgan fingerprint density at radius 1 is 1.15 bits per heavy atom. The average Bonchev–Trinajstić information content (AvgIpc) is 3.46. The molecule has 1 aromatic carbocycles. The van der Waals surface area contributed by atoms with E-state index in [0.717, 1.165) is 5.56 Å².